The van der Waals surface area contributed by atoms with Crippen molar-refractivity contribution in [2.75, 3.05) is 13.1 Å². The number of halogens is 1. The first-order chi connectivity index (χ1) is 9.82. The molecule has 2 fully saturated rings. The van der Waals surface area contributed by atoms with Crippen molar-refractivity contribution in [1.29, 1.82) is 0 Å². The smallest absolute Gasteiger partial charge is 0.410 e. The number of fused-ring (bicyclic) bond motifs is 1. The Kier molecular flexibility index (Phi) is 3.92. The summed E-state index contributed by atoms with van der Waals surface area (Å²) >= 11 is 2.29. The molecule has 3 atom stereocenters. The van der Waals surface area contributed by atoms with Gasteiger partial charge in [-0.1, -0.05) is 0 Å². The maximum atomic E-state index is 12.1. The monoisotopic (exact) mass is 403 g/mol. The van der Waals surface area contributed by atoms with Gasteiger partial charge >= 0.3 is 6.09 Å². The Morgan fingerprint density at radius 1 is 1.33 bits per heavy atom. The lowest BCUT2D eigenvalue weighted by atomic mass is 10.0. The Hall–Kier alpha value is -0.790. The number of aromatic nitrogens is 2. The molecule has 1 amide bonds. The molecule has 1 aromatic rings. The number of carbonyl (C=O) groups excluding carboxylic acids is 1. The number of nitrogens with zero attached hydrogens (tertiary/aromatic N) is 3. The second-order valence-electron chi connectivity index (χ2n) is 7.17. The van der Waals surface area contributed by atoms with E-state index < -0.39 is 5.60 Å². The standard InChI is InChI=1S/C15H22IN3O2/c1-15(2,3)21-14(20)18-7-10-4-13(5-11(10)8-18)19-9-12(16)6-17-19/h6,9-11,13H,4-5,7-8H2,1-3H3/t10-,11?,13?/m1/s1. The van der Waals surface area contributed by atoms with Crippen molar-refractivity contribution >= 4 is 28.7 Å². The molecule has 0 bridgehead atoms. The molecule has 2 heterocycles. The first-order valence-corrected chi connectivity index (χ1v) is 8.57. The lowest BCUT2D eigenvalue weighted by Gasteiger charge is -2.25. The molecule has 0 radical (unpaired) electrons. The van der Waals surface area contributed by atoms with Gasteiger partial charge in [0.25, 0.3) is 0 Å². The quantitative estimate of drug-likeness (QED) is 0.677. The first-order valence-electron chi connectivity index (χ1n) is 7.49. The molecule has 1 saturated carbocycles. The van der Waals surface area contributed by atoms with Crippen LogP contribution in [-0.4, -0.2) is 39.5 Å². The van der Waals surface area contributed by atoms with Crippen LogP contribution < -0.4 is 0 Å². The van der Waals surface area contributed by atoms with Crippen molar-refractivity contribution in [3.8, 4) is 0 Å². The highest BCUT2D eigenvalue weighted by Gasteiger charge is 2.44. The number of carbonyl (C=O) groups is 1. The van der Waals surface area contributed by atoms with Crippen LogP contribution in [-0.2, 0) is 4.74 Å². The number of amides is 1. The van der Waals surface area contributed by atoms with Gasteiger partial charge in [-0.2, -0.15) is 5.10 Å². The normalized spacial score (nSPS) is 28.8. The highest BCUT2D eigenvalue weighted by atomic mass is 127. The van der Waals surface area contributed by atoms with Gasteiger partial charge in [0.15, 0.2) is 0 Å². The number of rotatable bonds is 1. The molecule has 0 N–H and O–H groups in total. The van der Waals surface area contributed by atoms with Crippen LogP contribution in [0.25, 0.3) is 0 Å². The van der Waals surface area contributed by atoms with Gasteiger partial charge in [-0.05, 0) is 68.0 Å². The number of ether oxygens (including phenoxy) is 1. The predicted molar refractivity (Wildman–Crippen MR) is 88.0 cm³/mol. The SMILES string of the molecule is CC(C)(C)OC(=O)N1CC2CC(n3cc(I)cn3)C[C@@H]2C1. The summed E-state index contributed by atoms with van der Waals surface area (Å²) in [4.78, 5) is 14.0. The lowest BCUT2D eigenvalue weighted by molar-refractivity contribution is 0.0277. The van der Waals surface area contributed by atoms with Gasteiger partial charge in [0.2, 0.25) is 0 Å². The molecular weight excluding hydrogens is 381 g/mol. The zero-order valence-electron chi connectivity index (χ0n) is 12.8. The van der Waals surface area contributed by atoms with Crippen LogP contribution in [0.2, 0.25) is 0 Å². The molecule has 1 saturated heterocycles. The molecule has 5 nitrogen and oxygen atoms in total. The fourth-order valence-electron chi connectivity index (χ4n) is 3.47. The van der Waals surface area contributed by atoms with Gasteiger partial charge in [-0.15, -0.1) is 0 Å². The molecule has 0 aromatic carbocycles. The number of hydrogen-bond donors (Lipinski definition) is 0. The van der Waals surface area contributed by atoms with Gasteiger partial charge in [-0.25, -0.2) is 4.79 Å². The fraction of sp³-hybridized carbons (Fsp3) is 0.733. The van der Waals surface area contributed by atoms with Gasteiger partial charge in [-0.3, -0.25) is 4.68 Å². The summed E-state index contributed by atoms with van der Waals surface area (Å²) in [5.74, 6) is 1.17. The Morgan fingerprint density at radius 3 is 2.43 bits per heavy atom. The molecule has 21 heavy (non-hydrogen) atoms. The van der Waals surface area contributed by atoms with Crippen molar-refractivity contribution in [1.82, 2.24) is 14.7 Å². The van der Waals surface area contributed by atoms with Gasteiger partial charge < -0.3 is 9.64 Å². The van der Waals surface area contributed by atoms with Crippen LogP contribution >= 0.6 is 22.6 Å². The zero-order chi connectivity index (χ0) is 15.2. The molecule has 0 spiro atoms. The van der Waals surface area contributed by atoms with Crippen LogP contribution in [0.15, 0.2) is 12.4 Å². The van der Waals surface area contributed by atoms with E-state index in [-0.39, 0.29) is 6.09 Å². The third-order valence-corrected chi connectivity index (χ3v) is 4.88. The van der Waals surface area contributed by atoms with E-state index >= 15 is 0 Å². The lowest BCUT2D eigenvalue weighted by Crippen LogP contribution is -2.36. The molecular formula is C15H22IN3O2. The number of hydrogen-bond acceptors (Lipinski definition) is 3. The Balaban J connectivity index is 1.58. The van der Waals surface area contributed by atoms with E-state index in [9.17, 15) is 4.79 Å². The van der Waals surface area contributed by atoms with Crippen LogP contribution in [0.3, 0.4) is 0 Å². The second-order valence-corrected chi connectivity index (χ2v) is 8.41. The van der Waals surface area contributed by atoms with Crippen LogP contribution in [0.4, 0.5) is 4.79 Å². The molecule has 3 rings (SSSR count). The summed E-state index contributed by atoms with van der Waals surface area (Å²) in [6, 6.07) is 0.490. The van der Waals surface area contributed by atoms with Crippen LogP contribution in [0, 0.1) is 15.4 Å². The third-order valence-electron chi connectivity index (χ3n) is 4.32. The summed E-state index contributed by atoms with van der Waals surface area (Å²) < 4.78 is 8.75. The average molecular weight is 403 g/mol. The molecule has 1 aliphatic heterocycles. The minimum atomic E-state index is -0.414. The molecule has 2 aliphatic rings. The Bertz CT molecular complexity index is 523. The van der Waals surface area contributed by atoms with E-state index in [4.69, 9.17) is 4.74 Å². The third kappa shape index (κ3) is 3.35. The van der Waals surface area contributed by atoms with Gasteiger partial charge in [0, 0.05) is 19.3 Å². The topological polar surface area (TPSA) is 47.4 Å². The average Bonchev–Trinajstić information content (AvgIpc) is 2.98. The fourth-order valence-corrected chi connectivity index (χ4v) is 3.88. The summed E-state index contributed by atoms with van der Waals surface area (Å²) in [5, 5.41) is 4.43. The highest BCUT2D eigenvalue weighted by molar-refractivity contribution is 14.1. The summed E-state index contributed by atoms with van der Waals surface area (Å²) in [6.45, 7) is 7.40. The summed E-state index contributed by atoms with van der Waals surface area (Å²) in [6.07, 6.45) is 6.07. The van der Waals surface area contributed by atoms with E-state index in [0.717, 1.165) is 25.9 Å². The van der Waals surface area contributed by atoms with Gasteiger partial charge in [0.05, 0.1) is 15.8 Å². The molecule has 2 unspecified atom stereocenters. The Morgan fingerprint density at radius 2 is 1.95 bits per heavy atom. The zero-order valence-corrected chi connectivity index (χ0v) is 14.9. The van der Waals surface area contributed by atoms with E-state index in [1.807, 2.05) is 31.9 Å². The maximum absolute atomic E-state index is 12.1. The molecule has 1 aliphatic carbocycles. The Labute approximate surface area is 139 Å². The first kappa shape index (κ1) is 15.1. The van der Waals surface area contributed by atoms with Crippen molar-refractivity contribution in [3.05, 3.63) is 16.0 Å². The van der Waals surface area contributed by atoms with E-state index in [0.29, 0.717) is 17.9 Å². The summed E-state index contributed by atoms with van der Waals surface area (Å²) in [7, 11) is 0. The second kappa shape index (κ2) is 5.44. The van der Waals surface area contributed by atoms with Crippen molar-refractivity contribution in [2.24, 2.45) is 11.8 Å². The minimum absolute atomic E-state index is 0.165. The molecule has 6 heteroatoms. The van der Waals surface area contributed by atoms with Crippen LogP contribution in [0.5, 0.6) is 0 Å². The van der Waals surface area contributed by atoms with E-state index in [1.165, 1.54) is 3.57 Å². The van der Waals surface area contributed by atoms with Crippen LogP contribution in [0.1, 0.15) is 39.7 Å². The van der Waals surface area contributed by atoms with Crippen molar-refractivity contribution in [3.63, 3.8) is 0 Å². The van der Waals surface area contributed by atoms with Crippen molar-refractivity contribution in [2.45, 2.75) is 45.3 Å². The highest BCUT2D eigenvalue weighted by Crippen LogP contribution is 2.43. The summed E-state index contributed by atoms with van der Waals surface area (Å²) in [5.41, 5.74) is -0.414. The minimum Gasteiger partial charge on any atom is -0.444 e. The maximum Gasteiger partial charge on any atom is 0.410 e. The molecule has 116 valence electrons. The van der Waals surface area contributed by atoms with Crippen molar-refractivity contribution < 1.29 is 9.53 Å². The number of likely N-dealkylation sites (tertiary alicyclic amines) is 1. The van der Waals surface area contributed by atoms with Gasteiger partial charge in [0.1, 0.15) is 5.60 Å². The predicted octanol–water partition coefficient (Wildman–Crippen LogP) is 3.31. The van der Waals surface area contributed by atoms with E-state index in [2.05, 4.69) is 38.6 Å². The largest absolute Gasteiger partial charge is 0.444 e. The molecule has 1 aromatic heterocycles. The van der Waals surface area contributed by atoms with E-state index in [1.54, 1.807) is 0 Å².